The average Bonchev–Trinajstić information content (AvgIpc) is 2.04. The molecule has 0 fully saturated rings. The molecule has 10 heavy (non-hydrogen) atoms. The van der Waals surface area contributed by atoms with Crippen LogP contribution in [0.1, 0.15) is 20.3 Å². The van der Waals surface area contributed by atoms with Gasteiger partial charge in [-0.3, -0.25) is 0 Å². The molecule has 1 aliphatic rings. The summed E-state index contributed by atoms with van der Waals surface area (Å²) in [6.07, 6.45) is 12.1. The summed E-state index contributed by atoms with van der Waals surface area (Å²) in [5.74, 6) is 0.662. The van der Waals surface area contributed by atoms with E-state index in [0.29, 0.717) is 5.92 Å². The Morgan fingerprint density at radius 2 is 2.30 bits per heavy atom. The van der Waals surface area contributed by atoms with E-state index in [1.165, 1.54) is 12.0 Å². The summed E-state index contributed by atoms with van der Waals surface area (Å²) in [6.45, 7) is 4.32. The van der Waals surface area contributed by atoms with Gasteiger partial charge in [0.15, 0.2) is 0 Å². The summed E-state index contributed by atoms with van der Waals surface area (Å²) in [5.41, 5.74) is 1.45. The first-order valence-corrected chi connectivity index (χ1v) is 3.89. The standard InChI is InChI=1S/C10H14/c1-3-9-7-5-6-8-10(9)4-2/h3,5-8,10H,4H2,1-2H3/b9-3-. The fraction of sp³-hybridized carbons (Fsp3) is 0.400. The predicted octanol–water partition coefficient (Wildman–Crippen LogP) is 3.08. The SMILES string of the molecule is C/C=C1/C=CC=CC1CC. The topological polar surface area (TPSA) is 0 Å². The Morgan fingerprint density at radius 1 is 1.50 bits per heavy atom. The second kappa shape index (κ2) is 3.40. The smallest absolute Gasteiger partial charge is 0.00152 e. The minimum Gasteiger partial charge on any atom is -0.0838 e. The van der Waals surface area contributed by atoms with Crippen LogP contribution in [0.25, 0.3) is 0 Å². The van der Waals surface area contributed by atoms with E-state index in [0.717, 1.165) is 0 Å². The molecule has 1 aliphatic carbocycles. The molecule has 1 rings (SSSR count). The number of allylic oxidation sites excluding steroid dienone is 6. The van der Waals surface area contributed by atoms with Crippen molar-refractivity contribution in [1.29, 1.82) is 0 Å². The minimum atomic E-state index is 0.662. The van der Waals surface area contributed by atoms with E-state index in [1.54, 1.807) is 0 Å². The Kier molecular flexibility index (Phi) is 2.49. The largest absolute Gasteiger partial charge is 0.0838 e. The van der Waals surface area contributed by atoms with Crippen molar-refractivity contribution in [2.75, 3.05) is 0 Å². The summed E-state index contributed by atoms with van der Waals surface area (Å²) in [4.78, 5) is 0. The first-order valence-electron chi connectivity index (χ1n) is 3.89. The van der Waals surface area contributed by atoms with Crippen molar-refractivity contribution >= 4 is 0 Å². The predicted molar refractivity (Wildman–Crippen MR) is 45.8 cm³/mol. The van der Waals surface area contributed by atoms with Crippen molar-refractivity contribution in [2.45, 2.75) is 20.3 Å². The maximum absolute atomic E-state index is 2.26. The molecule has 0 heterocycles. The van der Waals surface area contributed by atoms with Crippen molar-refractivity contribution in [3.8, 4) is 0 Å². The third kappa shape index (κ3) is 1.38. The molecular formula is C10H14. The Balaban J connectivity index is 2.74. The van der Waals surface area contributed by atoms with Crippen molar-refractivity contribution in [2.24, 2.45) is 5.92 Å². The summed E-state index contributed by atoms with van der Waals surface area (Å²) in [6, 6.07) is 0. The van der Waals surface area contributed by atoms with Crippen molar-refractivity contribution in [3.05, 3.63) is 36.0 Å². The van der Waals surface area contributed by atoms with Crippen LogP contribution in [0.5, 0.6) is 0 Å². The van der Waals surface area contributed by atoms with Crippen molar-refractivity contribution in [1.82, 2.24) is 0 Å². The van der Waals surface area contributed by atoms with Gasteiger partial charge in [0.1, 0.15) is 0 Å². The van der Waals surface area contributed by atoms with Crippen LogP contribution in [-0.4, -0.2) is 0 Å². The Bertz CT molecular complexity index is 182. The van der Waals surface area contributed by atoms with Crippen LogP contribution >= 0.6 is 0 Å². The van der Waals surface area contributed by atoms with Gasteiger partial charge in [-0.1, -0.05) is 37.3 Å². The zero-order valence-corrected chi connectivity index (χ0v) is 6.67. The van der Waals surface area contributed by atoms with E-state index in [-0.39, 0.29) is 0 Å². The molecule has 0 amide bonds. The molecule has 1 unspecified atom stereocenters. The molecule has 0 saturated carbocycles. The van der Waals surface area contributed by atoms with Crippen LogP contribution in [-0.2, 0) is 0 Å². The molecule has 1 atom stereocenters. The van der Waals surface area contributed by atoms with E-state index in [9.17, 15) is 0 Å². The molecule has 0 aromatic heterocycles. The molecule has 0 spiro atoms. The van der Waals surface area contributed by atoms with Gasteiger partial charge in [0.2, 0.25) is 0 Å². The Labute approximate surface area is 62.9 Å². The van der Waals surface area contributed by atoms with Gasteiger partial charge in [0, 0.05) is 5.92 Å². The molecule has 54 valence electrons. The lowest BCUT2D eigenvalue weighted by Gasteiger charge is -2.13. The highest BCUT2D eigenvalue weighted by Crippen LogP contribution is 2.20. The molecule has 0 nitrogen and oxygen atoms in total. The lowest BCUT2D eigenvalue weighted by molar-refractivity contribution is 0.738. The van der Waals surface area contributed by atoms with Gasteiger partial charge in [0.25, 0.3) is 0 Å². The lowest BCUT2D eigenvalue weighted by atomic mass is 9.92. The summed E-state index contributed by atoms with van der Waals surface area (Å²) >= 11 is 0. The maximum atomic E-state index is 2.26. The zero-order valence-electron chi connectivity index (χ0n) is 6.67. The molecule has 0 saturated heterocycles. The van der Waals surface area contributed by atoms with Crippen LogP contribution in [0, 0.1) is 5.92 Å². The fourth-order valence-corrected chi connectivity index (χ4v) is 1.28. The second-order valence-corrected chi connectivity index (χ2v) is 2.55. The molecule has 0 radical (unpaired) electrons. The van der Waals surface area contributed by atoms with Crippen LogP contribution in [0.15, 0.2) is 36.0 Å². The van der Waals surface area contributed by atoms with Crippen molar-refractivity contribution < 1.29 is 0 Å². The average molecular weight is 134 g/mol. The zero-order chi connectivity index (χ0) is 7.40. The third-order valence-corrected chi connectivity index (χ3v) is 1.94. The van der Waals surface area contributed by atoms with E-state index in [4.69, 9.17) is 0 Å². The van der Waals surface area contributed by atoms with E-state index in [1.807, 2.05) is 0 Å². The van der Waals surface area contributed by atoms with E-state index in [2.05, 4.69) is 44.2 Å². The molecule has 0 bridgehead atoms. The highest BCUT2D eigenvalue weighted by Gasteiger charge is 2.06. The molecule has 0 N–H and O–H groups in total. The van der Waals surface area contributed by atoms with Gasteiger partial charge in [0.05, 0.1) is 0 Å². The molecule has 0 heteroatoms. The summed E-state index contributed by atoms with van der Waals surface area (Å²) in [7, 11) is 0. The van der Waals surface area contributed by atoms with E-state index < -0.39 is 0 Å². The number of hydrogen-bond donors (Lipinski definition) is 0. The Morgan fingerprint density at radius 3 is 2.80 bits per heavy atom. The van der Waals surface area contributed by atoms with Gasteiger partial charge < -0.3 is 0 Å². The minimum absolute atomic E-state index is 0.662. The van der Waals surface area contributed by atoms with Crippen molar-refractivity contribution in [3.63, 3.8) is 0 Å². The van der Waals surface area contributed by atoms with Gasteiger partial charge in [-0.2, -0.15) is 0 Å². The molecular weight excluding hydrogens is 120 g/mol. The van der Waals surface area contributed by atoms with Gasteiger partial charge in [-0.05, 0) is 18.9 Å². The maximum Gasteiger partial charge on any atom is 0.00152 e. The van der Waals surface area contributed by atoms with Crippen LogP contribution in [0.2, 0.25) is 0 Å². The lowest BCUT2D eigenvalue weighted by Crippen LogP contribution is -1.98. The van der Waals surface area contributed by atoms with Crippen LogP contribution in [0.3, 0.4) is 0 Å². The van der Waals surface area contributed by atoms with Gasteiger partial charge in [-0.15, -0.1) is 0 Å². The summed E-state index contributed by atoms with van der Waals surface area (Å²) < 4.78 is 0. The van der Waals surface area contributed by atoms with Gasteiger partial charge in [-0.25, -0.2) is 0 Å². The molecule has 0 aliphatic heterocycles. The highest BCUT2D eigenvalue weighted by molar-refractivity contribution is 5.32. The Hall–Kier alpha value is -0.780. The number of rotatable bonds is 1. The number of hydrogen-bond acceptors (Lipinski definition) is 0. The summed E-state index contributed by atoms with van der Waals surface area (Å²) in [5, 5.41) is 0. The monoisotopic (exact) mass is 134 g/mol. The molecule has 0 aromatic carbocycles. The third-order valence-electron chi connectivity index (χ3n) is 1.94. The first kappa shape index (κ1) is 7.33. The second-order valence-electron chi connectivity index (χ2n) is 2.55. The quantitative estimate of drug-likeness (QED) is 0.517. The van der Waals surface area contributed by atoms with E-state index >= 15 is 0 Å². The first-order chi connectivity index (χ1) is 4.88. The highest BCUT2D eigenvalue weighted by atomic mass is 14.1. The van der Waals surface area contributed by atoms with Crippen LogP contribution in [0.4, 0.5) is 0 Å². The fourth-order valence-electron chi connectivity index (χ4n) is 1.28. The molecule has 0 aromatic rings. The van der Waals surface area contributed by atoms with Crippen LogP contribution < -0.4 is 0 Å². The normalized spacial score (nSPS) is 27.8. The van der Waals surface area contributed by atoms with Gasteiger partial charge >= 0.3 is 0 Å².